The van der Waals surface area contributed by atoms with Gasteiger partial charge in [-0.1, -0.05) is 27.7 Å². The Morgan fingerprint density at radius 1 is 1.10 bits per heavy atom. The van der Waals surface area contributed by atoms with Crippen LogP contribution in [0, 0.1) is 17.3 Å². The van der Waals surface area contributed by atoms with Gasteiger partial charge in [0, 0.05) is 19.8 Å². The Bertz CT molecular complexity index is 262. The van der Waals surface area contributed by atoms with E-state index in [9.17, 15) is 0 Å². The van der Waals surface area contributed by atoms with Crippen LogP contribution in [0.1, 0.15) is 59.8 Å². The van der Waals surface area contributed by atoms with Crippen molar-refractivity contribution in [2.75, 3.05) is 33.5 Å². The van der Waals surface area contributed by atoms with Gasteiger partial charge in [-0.3, -0.25) is 0 Å². The highest BCUT2D eigenvalue weighted by atomic mass is 16.5. The molecule has 1 fully saturated rings. The van der Waals surface area contributed by atoms with E-state index in [0.29, 0.717) is 18.1 Å². The first-order valence-electron chi connectivity index (χ1n) is 8.79. The third-order valence-electron chi connectivity index (χ3n) is 4.97. The molecule has 0 aromatic heterocycles. The van der Waals surface area contributed by atoms with Crippen molar-refractivity contribution in [2.24, 2.45) is 17.3 Å². The first kappa shape index (κ1) is 18.9. The predicted molar refractivity (Wildman–Crippen MR) is 89.7 cm³/mol. The Hall–Kier alpha value is -0.120. The Morgan fingerprint density at radius 2 is 1.86 bits per heavy atom. The van der Waals surface area contributed by atoms with E-state index in [1.54, 1.807) is 7.11 Å². The van der Waals surface area contributed by atoms with Gasteiger partial charge in [-0.25, -0.2) is 0 Å². The number of hydrogen-bond donors (Lipinski definition) is 1. The number of ether oxygens (including phenoxy) is 2. The summed E-state index contributed by atoms with van der Waals surface area (Å²) in [6.07, 6.45) is 6.55. The van der Waals surface area contributed by atoms with E-state index < -0.39 is 0 Å². The van der Waals surface area contributed by atoms with Gasteiger partial charge in [0.25, 0.3) is 0 Å². The lowest BCUT2D eigenvalue weighted by Crippen LogP contribution is -2.43. The van der Waals surface area contributed by atoms with E-state index in [2.05, 4.69) is 33.0 Å². The summed E-state index contributed by atoms with van der Waals surface area (Å²) in [7, 11) is 1.72. The van der Waals surface area contributed by atoms with Crippen molar-refractivity contribution in [1.82, 2.24) is 5.32 Å². The van der Waals surface area contributed by atoms with Crippen molar-refractivity contribution >= 4 is 0 Å². The molecule has 0 aliphatic heterocycles. The van der Waals surface area contributed by atoms with Gasteiger partial charge in [-0.2, -0.15) is 0 Å². The second kappa shape index (κ2) is 9.81. The topological polar surface area (TPSA) is 30.5 Å². The maximum Gasteiger partial charge on any atom is 0.0700 e. The fourth-order valence-corrected chi connectivity index (χ4v) is 3.59. The molecule has 0 saturated heterocycles. The average molecular weight is 299 g/mol. The lowest BCUT2D eigenvalue weighted by molar-refractivity contribution is 0.0605. The molecule has 1 saturated carbocycles. The SMILES string of the molecule is CCNC1CCC(C(C)(C)C)CC1CCCOCCOC. The zero-order valence-corrected chi connectivity index (χ0v) is 14.9. The minimum atomic E-state index is 0.449. The number of nitrogens with one attached hydrogen (secondary N) is 1. The summed E-state index contributed by atoms with van der Waals surface area (Å²) in [4.78, 5) is 0. The molecule has 3 unspecified atom stereocenters. The van der Waals surface area contributed by atoms with Gasteiger partial charge in [-0.05, 0) is 55.9 Å². The molecule has 3 heteroatoms. The molecule has 1 rings (SSSR count). The molecule has 3 atom stereocenters. The fraction of sp³-hybridized carbons (Fsp3) is 1.00. The van der Waals surface area contributed by atoms with Crippen LogP contribution in [0.5, 0.6) is 0 Å². The quantitative estimate of drug-likeness (QED) is 0.656. The minimum Gasteiger partial charge on any atom is -0.382 e. The molecule has 126 valence electrons. The Morgan fingerprint density at radius 3 is 2.48 bits per heavy atom. The summed E-state index contributed by atoms with van der Waals surface area (Å²) in [6, 6.07) is 0.715. The second-order valence-corrected chi connectivity index (χ2v) is 7.55. The van der Waals surface area contributed by atoms with Crippen LogP contribution in [0.15, 0.2) is 0 Å². The van der Waals surface area contributed by atoms with Crippen molar-refractivity contribution in [3.8, 4) is 0 Å². The molecule has 0 heterocycles. The van der Waals surface area contributed by atoms with Gasteiger partial charge in [0.05, 0.1) is 13.2 Å². The van der Waals surface area contributed by atoms with Gasteiger partial charge >= 0.3 is 0 Å². The molecule has 21 heavy (non-hydrogen) atoms. The summed E-state index contributed by atoms with van der Waals surface area (Å²) in [5.41, 5.74) is 0.449. The smallest absolute Gasteiger partial charge is 0.0700 e. The van der Waals surface area contributed by atoms with E-state index in [4.69, 9.17) is 9.47 Å². The van der Waals surface area contributed by atoms with E-state index in [1.165, 1.54) is 32.1 Å². The van der Waals surface area contributed by atoms with Crippen molar-refractivity contribution in [3.63, 3.8) is 0 Å². The van der Waals surface area contributed by atoms with Gasteiger partial charge in [0.2, 0.25) is 0 Å². The number of methoxy groups -OCH3 is 1. The van der Waals surface area contributed by atoms with E-state index in [1.807, 2.05) is 0 Å². The highest BCUT2D eigenvalue weighted by molar-refractivity contribution is 4.88. The first-order valence-corrected chi connectivity index (χ1v) is 8.79. The van der Waals surface area contributed by atoms with Crippen molar-refractivity contribution < 1.29 is 9.47 Å². The molecule has 3 nitrogen and oxygen atoms in total. The van der Waals surface area contributed by atoms with Crippen molar-refractivity contribution in [1.29, 1.82) is 0 Å². The Kier molecular flexibility index (Phi) is 8.84. The summed E-state index contributed by atoms with van der Waals surface area (Å²) in [5, 5.41) is 3.71. The summed E-state index contributed by atoms with van der Waals surface area (Å²) >= 11 is 0. The molecule has 1 aliphatic rings. The average Bonchev–Trinajstić information content (AvgIpc) is 2.43. The van der Waals surface area contributed by atoms with Crippen LogP contribution in [0.2, 0.25) is 0 Å². The lowest BCUT2D eigenvalue weighted by Gasteiger charge is -2.42. The Balaban J connectivity index is 2.37. The molecule has 0 aromatic rings. The van der Waals surface area contributed by atoms with Gasteiger partial charge in [0.15, 0.2) is 0 Å². The highest BCUT2D eigenvalue weighted by Crippen LogP contribution is 2.41. The van der Waals surface area contributed by atoms with E-state index >= 15 is 0 Å². The molecule has 0 bridgehead atoms. The van der Waals surface area contributed by atoms with Crippen LogP contribution in [-0.4, -0.2) is 39.5 Å². The maximum absolute atomic E-state index is 5.61. The zero-order valence-electron chi connectivity index (χ0n) is 14.9. The minimum absolute atomic E-state index is 0.449. The molecule has 1 N–H and O–H groups in total. The molecule has 0 spiro atoms. The third kappa shape index (κ3) is 7.12. The van der Waals surface area contributed by atoms with Gasteiger partial charge in [-0.15, -0.1) is 0 Å². The molecular formula is C18H37NO2. The normalized spacial score (nSPS) is 27.0. The lowest BCUT2D eigenvalue weighted by atomic mass is 9.66. The van der Waals surface area contributed by atoms with Crippen LogP contribution >= 0.6 is 0 Å². The number of rotatable bonds is 9. The molecule has 0 aromatic carbocycles. The maximum atomic E-state index is 5.61. The zero-order chi connectivity index (χ0) is 15.7. The third-order valence-corrected chi connectivity index (χ3v) is 4.97. The van der Waals surface area contributed by atoms with Crippen molar-refractivity contribution in [2.45, 2.75) is 65.8 Å². The molecular weight excluding hydrogens is 262 g/mol. The summed E-state index contributed by atoms with van der Waals surface area (Å²) < 4.78 is 10.6. The predicted octanol–water partition coefficient (Wildman–Crippen LogP) is 3.87. The first-order chi connectivity index (χ1) is 9.99. The monoisotopic (exact) mass is 299 g/mol. The highest BCUT2D eigenvalue weighted by Gasteiger charge is 2.35. The van der Waals surface area contributed by atoms with Crippen LogP contribution in [0.3, 0.4) is 0 Å². The largest absolute Gasteiger partial charge is 0.382 e. The second-order valence-electron chi connectivity index (χ2n) is 7.55. The standard InChI is InChI=1S/C18H37NO2/c1-6-19-17-10-9-16(18(2,3)4)14-15(17)8-7-11-21-13-12-20-5/h15-17,19H,6-14H2,1-5H3. The van der Waals surface area contributed by atoms with E-state index in [0.717, 1.165) is 31.6 Å². The summed E-state index contributed by atoms with van der Waals surface area (Å²) in [5.74, 6) is 1.68. The van der Waals surface area contributed by atoms with Crippen LogP contribution in [-0.2, 0) is 9.47 Å². The van der Waals surface area contributed by atoms with Crippen molar-refractivity contribution in [3.05, 3.63) is 0 Å². The summed E-state index contributed by atoms with van der Waals surface area (Å²) in [6.45, 7) is 12.8. The van der Waals surface area contributed by atoms with Crippen LogP contribution in [0.4, 0.5) is 0 Å². The van der Waals surface area contributed by atoms with Gasteiger partial charge < -0.3 is 14.8 Å². The molecule has 0 radical (unpaired) electrons. The van der Waals surface area contributed by atoms with Crippen LogP contribution in [0.25, 0.3) is 0 Å². The number of hydrogen-bond acceptors (Lipinski definition) is 3. The Labute approximate surface area is 132 Å². The van der Waals surface area contributed by atoms with Gasteiger partial charge in [0.1, 0.15) is 0 Å². The van der Waals surface area contributed by atoms with E-state index in [-0.39, 0.29) is 0 Å². The van der Waals surface area contributed by atoms with Crippen LogP contribution < -0.4 is 5.32 Å². The molecule has 0 amide bonds. The fourth-order valence-electron chi connectivity index (χ4n) is 3.59. The molecule has 1 aliphatic carbocycles.